The summed E-state index contributed by atoms with van der Waals surface area (Å²) in [7, 11) is 0. The quantitative estimate of drug-likeness (QED) is 0.846. The summed E-state index contributed by atoms with van der Waals surface area (Å²) in [4.78, 5) is 3.43. The Morgan fingerprint density at radius 1 is 1.35 bits per heavy atom. The van der Waals surface area contributed by atoms with E-state index >= 15 is 0 Å². The van der Waals surface area contributed by atoms with Crippen LogP contribution in [0.25, 0.3) is 11.0 Å². The van der Waals surface area contributed by atoms with Crippen LogP contribution in [-0.4, -0.2) is 21.2 Å². The van der Waals surface area contributed by atoms with Crippen molar-refractivity contribution in [3.05, 3.63) is 24.0 Å². The Kier molecular flexibility index (Phi) is 2.70. The zero-order chi connectivity index (χ0) is 12.6. The molecule has 0 spiro atoms. The molecule has 92 valence electrons. The van der Waals surface area contributed by atoms with Gasteiger partial charge in [-0.3, -0.25) is 0 Å². The Morgan fingerprint density at radius 3 is 2.65 bits per heavy atom. The Morgan fingerprint density at radius 2 is 2.06 bits per heavy atom. The lowest BCUT2D eigenvalue weighted by molar-refractivity contribution is -0.146. The highest BCUT2D eigenvalue weighted by molar-refractivity contribution is 5.82. The number of halogens is 3. The van der Waals surface area contributed by atoms with Crippen molar-refractivity contribution in [1.29, 1.82) is 0 Å². The lowest BCUT2D eigenvalue weighted by atomic mass is 10.3. The van der Waals surface area contributed by atoms with Gasteiger partial charge in [0, 0.05) is 13.1 Å². The zero-order valence-electron chi connectivity index (χ0n) is 8.70. The molecule has 0 bridgehead atoms. The van der Waals surface area contributed by atoms with Gasteiger partial charge in [0.25, 0.3) is 0 Å². The highest BCUT2D eigenvalue weighted by Gasteiger charge is 2.37. The maximum Gasteiger partial charge on any atom is 0.449 e. The minimum atomic E-state index is -4.57. The third-order valence-electron chi connectivity index (χ3n) is 2.36. The molecule has 0 atom stereocenters. The number of phenols is 1. The van der Waals surface area contributed by atoms with E-state index in [0.29, 0.717) is 0 Å². The molecular weight excluding hydrogens is 235 g/mol. The number of nitrogens with zero attached hydrogens (tertiary/aromatic N) is 2. The summed E-state index contributed by atoms with van der Waals surface area (Å²) in [6.45, 7) is 0.0546. The van der Waals surface area contributed by atoms with E-state index in [2.05, 4.69) is 4.98 Å². The van der Waals surface area contributed by atoms with Gasteiger partial charge in [-0.05, 0) is 12.1 Å². The summed E-state index contributed by atoms with van der Waals surface area (Å²) in [5.74, 6) is -1.32. The summed E-state index contributed by atoms with van der Waals surface area (Å²) in [6.07, 6.45) is -4.57. The van der Waals surface area contributed by atoms with E-state index in [-0.39, 0.29) is 29.9 Å². The van der Waals surface area contributed by atoms with Crippen molar-refractivity contribution < 1.29 is 18.3 Å². The van der Waals surface area contributed by atoms with Crippen LogP contribution in [0, 0.1) is 0 Å². The second kappa shape index (κ2) is 3.92. The second-order valence-corrected chi connectivity index (χ2v) is 3.52. The van der Waals surface area contributed by atoms with E-state index in [1.807, 2.05) is 0 Å². The summed E-state index contributed by atoms with van der Waals surface area (Å²) >= 11 is 0. The van der Waals surface area contributed by atoms with Gasteiger partial charge < -0.3 is 15.4 Å². The third kappa shape index (κ3) is 1.93. The number of imidazole rings is 1. The van der Waals surface area contributed by atoms with Crippen LogP contribution in [0.3, 0.4) is 0 Å². The molecule has 0 fully saturated rings. The van der Waals surface area contributed by atoms with Crippen molar-refractivity contribution >= 4 is 11.0 Å². The maximum atomic E-state index is 12.7. The fourth-order valence-corrected chi connectivity index (χ4v) is 1.70. The van der Waals surface area contributed by atoms with Gasteiger partial charge in [0.1, 0.15) is 11.3 Å². The van der Waals surface area contributed by atoms with Crippen molar-refractivity contribution in [2.24, 2.45) is 5.73 Å². The molecule has 0 aliphatic heterocycles. The van der Waals surface area contributed by atoms with Gasteiger partial charge in [-0.15, -0.1) is 0 Å². The average Bonchev–Trinajstić information content (AvgIpc) is 2.59. The van der Waals surface area contributed by atoms with E-state index in [9.17, 15) is 18.3 Å². The number of phenolic OH excluding ortho intramolecular Hbond substituents is 1. The monoisotopic (exact) mass is 245 g/mol. The van der Waals surface area contributed by atoms with Crippen LogP contribution in [-0.2, 0) is 12.7 Å². The molecule has 0 amide bonds. The largest absolute Gasteiger partial charge is 0.506 e. The predicted molar refractivity (Wildman–Crippen MR) is 55.5 cm³/mol. The first-order valence-corrected chi connectivity index (χ1v) is 4.90. The molecule has 0 radical (unpaired) electrons. The molecule has 2 rings (SSSR count). The van der Waals surface area contributed by atoms with Gasteiger partial charge in [0.2, 0.25) is 5.82 Å². The Bertz CT molecular complexity index is 547. The van der Waals surface area contributed by atoms with Crippen molar-refractivity contribution in [1.82, 2.24) is 9.55 Å². The number of alkyl halides is 3. The normalized spacial score (nSPS) is 12.2. The lowest BCUT2D eigenvalue weighted by Gasteiger charge is -2.09. The van der Waals surface area contributed by atoms with Crippen LogP contribution in [0.1, 0.15) is 5.82 Å². The van der Waals surface area contributed by atoms with Gasteiger partial charge in [0.15, 0.2) is 0 Å². The Hall–Kier alpha value is -1.76. The van der Waals surface area contributed by atoms with E-state index in [1.54, 1.807) is 0 Å². The number of hydrogen-bond donors (Lipinski definition) is 2. The van der Waals surface area contributed by atoms with E-state index in [1.165, 1.54) is 18.2 Å². The van der Waals surface area contributed by atoms with E-state index in [0.717, 1.165) is 4.57 Å². The molecule has 0 unspecified atom stereocenters. The predicted octanol–water partition coefficient (Wildman–Crippen LogP) is 1.72. The number of nitrogens with two attached hydrogens (primary N) is 1. The van der Waals surface area contributed by atoms with Crippen LogP contribution in [0.15, 0.2) is 18.2 Å². The summed E-state index contributed by atoms with van der Waals surface area (Å²) in [6, 6.07) is 4.22. The molecule has 0 aliphatic carbocycles. The second-order valence-electron chi connectivity index (χ2n) is 3.52. The molecule has 0 aliphatic rings. The summed E-state index contributed by atoms with van der Waals surface area (Å²) < 4.78 is 39.2. The molecule has 1 heterocycles. The van der Waals surface area contributed by atoms with E-state index < -0.39 is 12.0 Å². The standard InChI is InChI=1S/C10H10F3N3O/c11-10(12,13)9-15-8-6(16(9)5-4-14)2-1-3-7(8)17/h1-3,17H,4-5,14H2. The van der Waals surface area contributed by atoms with Crippen LogP contribution in [0.5, 0.6) is 5.75 Å². The number of aromatic hydroxyl groups is 1. The molecule has 2 aromatic rings. The lowest BCUT2D eigenvalue weighted by Crippen LogP contribution is -2.18. The third-order valence-corrected chi connectivity index (χ3v) is 2.36. The zero-order valence-corrected chi connectivity index (χ0v) is 8.70. The van der Waals surface area contributed by atoms with Crippen molar-refractivity contribution in [3.63, 3.8) is 0 Å². The van der Waals surface area contributed by atoms with Crippen LogP contribution in [0.4, 0.5) is 13.2 Å². The topological polar surface area (TPSA) is 64.1 Å². The van der Waals surface area contributed by atoms with Gasteiger partial charge in [-0.25, -0.2) is 4.98 Å². The van der Waals surface area contributed by atoms with Crippen molar-refractivity contribution in [3.8, 4) is 5.75 Å². The smallest absolute Gasteiger partial charge is 0.449 e. The van der Waals surface area contributed by atoms with Crippen LogP contribution < -0.4 is 5.73 Å². The van der Waals surface area contributed by atoms with Crippen LogP contribution >= 0.6 is 0 Å². The fourth-order valence-electron chi connectivity index (χ4n) is 1.70. The number of benzene rings is 1. The molecule has 17 heavy (non-hydrogen) atoms. The van der Waals surface area contributed by atoms with Crippen LogP contribution in [0.2, 0.25) is 0 Å². The van der Waals surface area contributed by atoms with E-state index in [4.69, 9.17) is 5.73 Å². The molecule has 3 N–H and O–H groups in total. The summed E-state index contributed by atoms with van der Waals surface area (Å²) in [5.41, 5.74) is 5.45. The fraction of sp³-hybridized carbons (Fsp3) is 0.300. The van der Waals surface area contributed by atoms with Crippen molar-refractivity contribution in [2.75, 3.05) is 6.54 Å². The highest BCUT2D eigenvalue weighted by Crippen LogP contribution is 2.33. The Balaban J connectivity index is 2.75. The minimum Gasteiger partial charge on any atom is -0.506 e. The van der Waals surface area contributed by atoms with Gasteiger partial charge in [-0.2, -0.15) is 13.2 Å². The number of aromatic nitrogens is 2. The molecule has 0 saturated heterocycles. The molecule has 4 nitrogen and oxygen atoms in total. The first kappa shape index (κ1) is 11.7. The average molecular weight is 245 g/mol. The minimum absolute atomic E-state index is 0.00516. The first-order chi connectivity index (χ1) is 7.95. The highest BCUT2D eigenvalue weighted by atomic mass is 19.4. The molecule has 7 heteroatoms. The number of hydrogen-bond acceptors (Lipinski definition) is 3. The molecule has 1 aromatic heterocycles. The molecular formula is C10H10F3N3O. The molecule has 0 saturated carbocycles. The number of para-hydroxylation sites is 1. The van der Waals surface area contributed by atoms with Gasteiger partial charge in [0.05, 0.1) is 5.52 Å². The number of fused-ring (bicyclic) bond motifs is 1. The maximum absolute atomic E-state index is 12.7. The SMILES string of the molecule is NCCn1c(C(F)(F)F)nc2c(O)cccc21. The summed E-state index contributed by atoms with van der Waals surface area (Å²) in [5, 5.41) is 9.47. The van der Waals surface area contributed by atoms with Gasteiger partial charge >= 0.3 is 6.18 Å². The van der Waals surface area contributed by atoms with Crippen molar-refractivity contribution in [2.45, 2.75) is 12.7 Å². The first-order valence-electron chi connectivity index (χ1n) is 4.90. The number of rotatable bonds is 2. The molecule has 1 aromatic carbocycles. The van der Waals surface area contributed by atoms with Gasteiger partial charge in [-0.1, -0.05) is 6.07 Å². The Labute approximate surface area is 94.5 Å².